The molecular weight excluding hydrogens is 220 g/mol. The zero-order valence-corrected chi connectivity index (χ0v) is 8.89. The van der Waals surface area contributed by atoms with Crippen LogP contribution in [-0.2, 0) is 19.2 Å². The number of nitrogens with one attached hydrogen (secondary N) is 2. The predicted octanol–water partition coefficient (Wildman–Crippen LogP) is -1.73. The van der Waals surface area contributed by atoms with Crippen molar-refractivity contribution >= 4 is 24.1 Å². The molecule has 0 spiro atoms. The zero-order valence-electron chi connectivity index (χ0n) is 8.89. The van der Waals surface area contributed by atoms with Crippen LogP contribution in [0.25, 0.3) is 0 Å². The molecule has 0 aliphatic carbocycles. The fraction of sp³-hybridized carbons (Fsp3) is 0.500. The lowest BCUT2D eigenvalue weighted by atomic mass is 10.1. The van der Waals surface area contributed by atoms with Crippen molar-refractivity contribution in [1.29, 1.82) is 0 Å². The Labute approximate surface area is 91.6 Å². The van der Waals surface area contributed by atoms with Crippen molar-refractivity contribution in [1.82, 2.24) is 10.6 Å². The fourth-order valence-corrected chi connectivity index (χ4v) is 0.748. The molecule has 0 fully saturated rings. The van der Waals surface area contributed by atoms with Crippen molar-refractivity contribution in [3.63, 3.8) is 0 Å². The van der Waals surface area contributed by atoms with Gasteiger partial charge in [0.2, 0.25) is 5.91 Å². The van der Waals surface area contributed by atoms with Crippen LogP contribution in [0.1, 0.15) is 6.92 Å². The van der Waals surface area contributed by atoms with Gasteiger partial charge in [0, 0.05) is 0 Å². The van der Waals surface area contributed by atoms with Crippen molar-refractivity contribution < 1.29 is 29.4 Å². The summed E-state index contributed by atoms with van der Waals surface area (Å²) in [5.41, 5.74) is 0. The topological polar surface area (TPSA) is 133 Å². The smallest absolute Gasteiger partial charge is 0.323 e. The standard InChI is InChI=1S/C7H12N2O4.CH2O2/c1-4(10)5(7(12)13)6(11)9-3-8-2;2-1-3/h5,8H,3H2,1-2H3,(H,9,11)(H,12,13);1H,(H,2,3). The van der Waals surface area contributed by atoms with Gasteiger partial charge < -0.3 is 20.8 Å². The van der Waals surface area contributed by atoms with E-state index in [1.54, 1.807) is 7.05 Å². The van der Waals surface area contributed by atoms with Gasteiger partial charge >= 0.3 is 5.97 Å². The minimum absolute atomic E-state index is 0.135. The maximum Gasteiger partial charge on any atom is 0.323 e. The largest absolute Gasteiger partial charge is 0.483 e. The number of carbonyl (C=O) groups is 4. The predicted molar refractivity (Wildman–Crippen MR) is 52.6 cm³/mol. The first-order valence-corrected chi connectivity index (χ1v) is 4.15. The Bertz CT molecular complexity index is 251. The maximum absolute atomic E-state index is 11.0. The number of hydrogen-bond donors (Lipinski definition) is 4. The normalized spacial score (nSPS) is 10.4. The van der Waals surface area contributed by atoms with Crippen LogP contribution < -0.4 is 10.6 Å². The SMILES string of the molecule is CNCNC(=O)C(C(C)=O)C(=O)O.O=CO. The van der Waals surface area contributed by atoms with Gasteiger partial charge in [-0.2, -0.15) is 0 Å². The quantitative estimate of drug-likeness (QED) is 0.252. The van der Waals surface area contributed by atoms with Crippen LogP contribution in [-0.4, -0.2) is 48.1 Å². The van der Waals surface area contributed by atoms with Crippen molar-refractivity contribution in [2.24, 2.45) is 5.92 Å². The highest BCUT2D eigenvalue weighted by Gasteiger charge is 2.30. The second-order valence-corrected chi connectivity index (χ2v) is 2.56. The minimum atomic E-state index is -1.60. The van der Waals surface area contributed by atoms with Crippen LogP contribution in [0, 0.1) is 5.92 Å². The molecule has 16 heavy (non-hydrogen) atoms. The Kier molecular flexibility index (Phi) is 9.87. The van der Waals surface area contributed by atoms with E-state index in [-0.39, 0.29) is 13.1 Å². The Balaban J connectivity index is 0. The molecule has 92 valence electrons. The summed E-state index contributed by atoms with van der Waals surface area (Å²) in [6.45, 7) is 0.952. The molecule has 1 atom stereocenters. The average Bonchev–Trinajstić information content (AvgIpc) is 2.14. The monoisotopic (exact) mass is 234 g/mol. The highest BCUT2D eigenvalue weighted by Crippen LogP contribution is 1.98. The van der Waals surface area contributed by atoms with Crippen molar-refractivity contribution in [3.8, 4) is 0 Å². The molecular formula is C8H14N2O6. The van der Waals surface area contributed by atoms with Gasteiger partial charge in [-0.25, -0.2) is 0 Å². The van der Waals surface area contributed by atoms with Gasteiger partial charge in [-0.1, -0.05) is 0 Å². The number of carboxylic acid groups (broad SMARTS) is 2. The number of carbonyl (C=O) groups excluding carboxylic acids is 2. The molecule has 0 aromatic heterocycles. The Morgan fingerprint density at radius 1 is 1.38 bits per heavy atom. The lowest BCUT2D eigenvalue weighted by molar-refractivity contribution is -0.150. The summed E-state index contributed by atoms with van der Waals surface area (Å²) in [6, 6.07) is 0. The van der Waals surface area contributed by atoms with E-state index < -0.39 is 23.6 Å². The van der Waals surface area contributed by atoms with Crippen molar-refractivity contribution in [3.05, 3.63) is 0 Å². The van der Waals surface area contributed by atoms with E-state index in [1.807, 2.05) is 0 Å². The van der Waals surface area contributed by atoms with Gasteiger partial charge in [0.05, 0.1) is 6.67 Å². The Morgan fingerprint density at radius 3 is 2.06 bits per heavy atom. The van der Waals surface area contributed by atoms with E-state index in [2.05, 4.69) is 10.6 Å². The number of carboxylic acids is 1. The first-order valence-electron chi connectivity index (χ1n) is 4.15. The van der Waals surface area contributed by atoms with Gasteiger partial charge in [0.1, 0.15) is 0 Å². The van der Waals surface area contributed by atoms with E-state index >= 15 is 0 Å². The van der Waals surface area contributed by atoms with E-state index in [1.165, 1.54) is 0 Å². The van der Waals surface area contributed by atoms with Crippen LogP contribution in [0.2, 0.25) is 0 Å². The summed E-state index contributed by atoms with van der Waals surface area (Å²) in [5.74, 6) is -4.51. The van der Waals surface area contributed by atoms with Crippen LogP contribution in [0.4, 0.5) is 0 Å². The molecule has 0 rings (SSSR count). The fourth-order valence-electron chi connectivity index (χ4n) is 0.748. The van der Waals surface area contributed by atoms with Crippen LogP contribution in [0.5, 0.6) is 0 Å². The van der Waals surface area contributed by atoms with Crippen LogP contribution in [0.3, 0.4) is 0 Å². The van der Waals surface area contributed by atoms with Gasteiger partial charge in [0.25, 0.3) is 6.47 Å². The number of rotatable bonds is 5. The number of ketones is 1. The third-order valence-electron chi connectivity index (χ3n) is 1.36. The summed E-state index contributed by atoms with van der Waals surface area (Å²) in [5, 5.41) is 20.2. The molecule has 0 radical (unpaired) electrons. The Morgan fingerprint density at radius 2 is 1.81 bits per heavy atom. The van der Waals surface area contributed by atoms with Crippen LogP contribution in [0.15, 0.2) is 0 Å². The molecule has 0 aromatic carbocycles. The summed E-state index contributed by atoms with van der Waals surface area (Å²) in [6.07, 6.45) is 0. The lowest BCUT2D eigenvalue weighted by Crippen LogP contribution is -2.42. The van der Waals surface area contributed by atoms with E-state index in [0.717, 1.165) is 6.92 Å². The molecule has 8 heteroatoms. The molecule has 0 aliphatic rings. The summed E-state index contributed by atoms with van der Waals surface area (Å²) in [7, 11) is 1.59. The highest BCUT2D eigenvalue weighted by molar-refractivity contribution is 6.15. The number of hydrogen-bond acceptors (Lipinski definition) is 5. The molecule has 0 saturated carbocycles. The minimum Gasteiger partial charge on any atom is -0.483 e. The van der Waals surface area contributed by atoms with E-state index in [9.17, 15) is 14.4 Å². The second-order valence-electron chi connectivity index (χ2n) is 2.56. The molecule has 8 nitrogen and oxygen atoms in total. The number of Topliss-reactive ketones (excluding diaryl/α,β-unsaturated/α-hetero) is 1. The van der Waals surface area contributed by atoms with Gasteiger partial charge in [-0.05, 0) is 14.0 Å². The third kappa shape index (κ3) is 7.44. The van der Waals surface area contributed by atoms with E-state index in [0.29, 0.717) is 0 Å². The second kappa shape index (κ2) is 9.59. The van der Waals surface area contributed by atoms with Crippen molar-refractivity contribution in [2.45, 2.75) is 6.92 Å². The summed E-state index contributed by atoms with van der Waals surface area (Å²) >= 11 is 0. The molecule has 4 N–H and O–H groups in total. The lowest BCUT2D eigenvalue weighted by Gasteiger charge is -2.08. The zero-order chi connectivity index (χ0) is 13.1. The first-order chi connectivity index (χ1) is 7.42. The third-order valence-corrected chi connectivity index (χ3v) is 1.36. The molecule has 0 aromatic rings. The molecule has 1 unspecified atom stereocenters. The highest BCUT2D eigenvalue weighted by atomic mass is 16.4. The first kappa shape index (κ1) is 16.5. The molecule has 0 bridgehead atoms. The molecule has 0 saturated heterocycles. The van der Waals surface area contributed by atoms with Crippen molar-refractivity contribution in [2.75, 3.05) is 13.7 Å². The van der Waals surface area contributed by atoms with Gasteiger partial charge in [-0.3, -0.25) is 19.2 Å². The van der Waals surface area contributed by atoms with Gasteiger partial charge in [0.15, 0.2) is 11.7 Å². The number of amides is 1. The van der Waals surface area contributed by atoms with Gasteiger partial charge in [-0.15, -0.1) is 0 Å². The summed E-state index contributed by atoms with van der Waals surface area (Å²) in [4.78, 5) is 40.6. The maximum atomic E-state index is 11.0. The number of aliphatic carboxylic acids is 1. The Hall–Kier alpha value is -1.96. The molecule has 0 aliphatic heterocycles. The van der Waals surface area contributed by atoms with E-state index in [4.69, 9.17) is 15.0 Å². The molecule has 0 heterocycles. The average molecular weight is 234 g/mol. The molecule has 1 amide bonds. The van der Waals surface area contributed by atoms with Crippen LogP contribution >= 0.6 is 0 Å². The summed E-state index contributed by atoms with van der Waals surface area (Å²) < 4.78 is 0.